The van der Waals surface area contributed by atoms with Gasteiger partial charge in [-0.2, -0.15) is 11.8 Å². The van der Waals surface area contributed by atoms with Gasteiger partial charge in [-0.15, -0.1) is 0 Å². The van der Waals surface area contributed by atoms with Gasteiger partial charge in [0.15, 0.2) is 0 Å². The van der Waals surface area contributed by atoms with Crippen molar-refractivity contribution in [3.63, 3.8) is 0 Å². The monoisotopic (exact) mass is 249 g/mol. The van der Waals surface area contributed by atoms with E-state index in [2.05, 4.69) is 23.5 Å². The Bertz CT molecular complexity index is 388. The summed E-state index contributed by atoms with van der Waals surface area (Å²) in [6, 6.07) is 6.39. The van der Waals surface area contributed by atoms with Gasteiger partial charge in [0.25, 0.3) is 0 Å². The molecule has 0 bridgehead atoms. The van der Waals surface area contributed by atoms with E-state index in [4.69, 9.17) is 4.74 Å². The zero-order valence-corrected chi connectivity index (χ0v) is 10.9. The van der Waals surface area contributed by atoms with Crippen molar-refractivity contribution in [2.24, 2.45) is 0 Å². The quantitative estimate of drug-likeness (QED) is 0.869. The van der Waals surface area contributed by atoms with Crippen molar-refractivity contribution in [1.29, 1.82) is 0 Å². The summed E-state index contributed by atoms with van der Waals surface area (Å²) in [4.78, 5) is 0. The topological polar surface area (TPSA) is 21.3 Å². The maximum atomic E-state index is 6.19. The third-order valence-corrected chi connectivity index (χ3v) is 4.65. The van der Waals surface area contributed by atoms with E-state index in [1.54, 1.807) is 0 Å². The summed E-state index contributed by atoms with van der Waals surface area (Å²) < 4.78 is 6.19. The van der Waals surface area contributed by atoms with E-state index in [1.807, 2.05) is 11.8 Å². The molecule has 0 radical (unpaired) electrons. The zero-order chi connectivity index (χ0) is 11.5. The van der Waals surface area contributed by atoms with Crippen LogP contribution in [0.3, 0.4) is 0 Å². The van der Waals surface area contributed by atoms with E-state index in [0.29, 0.717) is 6.10 Å². The molecule has 92 valence electrons. The molecule has 1 unspecified atom stereocenters. The molecular weight excluding hydrogens is 230 g/mol. The molecule has 2 aliphatic heterocycles. The van der Waals surface area contributed by atoms with E-state index in [-0.39, 0.29) is 0 Å². The number of thioether (sulfide) groups is 1. The van der Waals surface area contributed by atoms with Gasteiger partial charge in [0.1, 0.15) is 11.9 Å². The van der Waals surface area contributed by atoms with Crippen LogP contribution in [0.25, 0.3) is 0 Å². The number of benzene rings is 1. The van der Waals surface area contributed by atoms with Crippen molar-refractivity contribution >= 4 is 17.4 Å². The molecule has 0 amide bonds. The fourth-order valence-electron chi connectivity index (χ4n) is 2.57. The van der Waals surface area contributed by atoms with E-state index in [0.717, 1.165) is 24.5 Å². The van der Waals surface area contributed by atoms with Crippen LogP contribution in [0.2, 0.25) is 0 Å². The molecule has 1 fully saturated rings. The van der Waals surface area contributed by atoms with Gasteiger partial charge in [-0.05, 0) is 43.6 Å². The molecule has 0 saturated carbocycles. The van der Waals surface area contributed by atoms with Crippen molar-refractivity contribution in [2.75, 3.05) is 23.4 Å². The molecule has 2 nitrogen and oxygen atoms in total. The third-order valence-electron chi connectivity index (χ3n) is 3.46. The van der Waals surface area contributed by atoms with Gasteiger partial charge in [-0.1, -0.05) is 6.07 Å². The number of ether oxygens (including phenoxy) is 1. The van der Waals surface area contributed by atoms with Crippen molar-refractivity contribution in [3.05, 3.63) is 23.8 Å². The number of nitrogens with one attached hydrogen (secondary N) is 1. The molecule has 2 heterocycles. The minimum atomic E-state index is 0.419. The van der Waals surface area contributed by atoms with Gasteiger partial charge < -0.3 is 10.1 Å². The first-order chi connectivity index (χ1) is 8.43. The Balaban J connectivity index is 1.77. The highest BCUT2D eigenvalue weighted by Crippen LogP contribution is 2.32. The van der Waals surface area contributed by atoms with Crippen LogP contribution < -0.4 is 10.1 Å². The summed E-state index contributed by atoms with van der Waals surface area (Å²) >= 11 is 2.02. The first kappa shape index (κ1) is 11.3. The number of rotatable bonds is 2. The van der Waals surface area contributed by atoms with Crippen LogP contribution in [0.15, 0.2) is 18.2 Å². The molecule has 0 aromatic heterocycles. The van der Waals surface area contributed by atoms with Gasteiger partial charge in [0.05, 0.1) is 0 Å². The van der Waals surface area contributed by atoms with E-state index < -0.39 is 0 Å². The maximum absolute atomic E-state index is 6.19. The van der Waals surface area contributed by atoms with Gasteiger partial charge in [0.2, 0.25) is 0 Å². The van der Waals surface area contributed by atoms with Crippen LogP contribution in [-0.2, 0) is 6.42 Å². The van der Waals surface area contributed by atoms with Gasteiger partial charge in [-0.25, -0.2) is 0 Å². The SMILES string of the molecule is c1cc2c(c(OC3CCCSC3)c1)CCCN2. The molecule has 3 heteroatoms. The summed E-state index contributed by atoms with van der Waals surface area (Å²) in [5.74, 6) is 3.56. The second-order valence-corrected chi connectivity index (χ2v) is 5.92. The molecule has 0 aliphatic carbocycles. The summed E-state index contributed by atoms with van der Waals surface area (Å²) in [6.45, 7) is 1.09. The molecule has 1 saturated heterocycles. The second-order valence-electron chi connectivity index (χ2n) is 4.77. The average Bonchev–Trinajstić information content (AvgIpc) is 2.40. The number of anilines is 1. The van der Waals surface area contributed by atoms with Crippen molar-refractivity contribution in [2.45, 2.75) is 31.8 Å². The summed E-state index contributed by atoms with van der Waals surface area (Å²) in [6.07, 6.45) is 5.29. The molecule has 1 atom stereocenters. The van der Waals surface area contributed by atoms with E-state index in [9.17, 15) is 0 Å². The number of hydrogen-bond donors (Lipinski definition) is 1. The fourth-order valence-corrected chi connectivity index (χ4v) is 3.61. The minimum absolute atomic E-state index is 0.419. The second kappa shape index (κ2) is 5.21. The Kier molecular flexibility index (Phi) is 3.46. The van der Waals surface area contributed by atoms with Gasteiger partial charge in [0, 0.05) is 23.5 Å². The summed E-state index contributed by atoms with van der Waals surface area (Å²) in [5, 5.41) is 3.46. The smallest absolute Gasteiger partial charge is 0.125 e. The highest BCUT2D eigenvalue weighted by atomic mass is 32.2. The van der Waals surface area contributed by atoms with Crippen LogP contribution in [0.5, 0.6) is 5.75 Å². The Hall–Kier alpha value is -0.830. The standard InChI is InChI=1S/C14H19NOS/c1-6-13-12(5-2-8-15-13)14(7-1)16-11-4-3-9-17-10-11/h1,6-7,11,15H,2-5,8-10H2. The molecule has 17 heavy (non-hydrogen) atoms. The first-order valence-electron chi connectivity index (χ1n) is 6.53. The first-order valence-corrected chi connectivity index (χ1v) is 7.69. The molecule has 1 aromatic carbocycles. The molecule has 1 N–H and O–H groups in total. The lowest BCUT2D eigenvalue weighted by molar-refractivity contribution is 0.209. The van der Waals surface area contributed by atoms with Crippen LogP contribution in [-0.4, -0.2) is 24.2 Å². The molecule has 3 rings (SSSR count). The largest absolute Gasteiger partial charge is 0.489 e. The molecule has 1 aromatic rings. The average molecular weight is 249 g/mol. The third kappa shape index (κ3) is 2.54. The number of hydrogen-bond acceptors (Lipinski definition) is 3. The fraction of sp³-hybridized carbons (Fsp3) is 0.571. The van der Waals surface area contributed by atoms with Gasteiger partial charge >= 0.3 is 0 Å². The lowest BCUT2D eigenvalue weighted by Crippen LogP contribution is -2.24. The molecule has 2 aliphatic rings. The van der Waals surface area contributed by atoms with Crippen LogP contribution in [0.4, 0.5) is 5.69 Å². The van der Waals surface area contributed by atoms with Crippen LogP contribution >= 0.6 is 11.8 Å². The summed E-state index contributed by atoms with van der Waals surface area (Å²) in [5.41, 5.74) is 2.66. The predicted octanol–water partition coefficient (Wildman–Crippen LogP) is 3.32. The Morgan fingerprint density at radius 2 is 2.29 bits per heavy atom. The minimum Gasteiger partial charge on any atom is -0.489 e. The highest BCUT2D eigenvalue weighted by molar-refractivity contribution is 7.99. The molecule has 0 spiro atoms. The Morgan fingerprint density at radius 3 is 3.18 bits per heavy atom. The van der Waals surface area contributed by atoms with E-state index >= 15 is 0 Å². The normalized spacial score (nSPS) is 23.6. The lowest BCUT2D eigenvalue weighted by atomic mass is 10.0. The van der Waals surface area contributed by atoms with Crippen molar-refractivity contribution < 1.29 is 4.74 Å². The predicted molar refractivity (Wildman–Crippen MR) is 74.2 cm³/mol. The van der Waals surface area contributed by atoms with Crippen LogP contribution in [0, 0.1) is 0 Å². The highest BCUT2D eigenvalue weighted by Gasteiger charge is 2.19. The number of fused-ring (bicyclic) bond motifs is 1. The maximum Gasteiger partial charge on any atom is 0.125 e. The van der Waals surface area contributed by atoms with E-state index in [1.165, 1.54) is 36.3 Å². The van der Waals surface area contributed by atoms with Crippen LogP contribution in [0.1, 0.15) is 24.8 Å². The zero-order valence-electron chi connectivity index (χ0n) is 10.1. The molecular formula is C14H19NOS. The van der Waals surface area contributed by atoms with Crippen molar-refractivity contribution in [3.8, 4) is 5.75 Å². The summed E-state index contributed by atoms with van der Waals surface area (Å²) in [7, 11) is 0. The van der Waals surface area contributed by atoms with Crippen molar-refractivity contribution in [1.82, 2.24) is 0 Å². The van der Waals surface area contributed by atoms with Gasteiger partial charge in [-0.3, -0.25) is 0 Å². The Morgan fingerprint density at radius 1 is 1.29 bits per heavy atom. The Labute approximate surface area is 107 Å². The lowest BCUT2D eigenvalue weighted by Gasteiger charge is -2.26.